The lowest BCUT2D eigenvalue weighted by Crippen LogP contribution is -2.61. The number of carbonyl (C=O) groups is 2. The Labute approximate surface area is 108 Å². The molecule has 0 aromatic carbocycles. The Kier molecular flexibility index (Phi) is 5.10. The molecule has 0 aromatic heterocycles. The van der Waals surface area contributed by atoms with E-state index in [1.165, 1.54) is 0 Å². The highest BCUT2D eigenvalue weighted by molar-refractivity contribution is 5.89. The van der Waals surface area contributed by atoms with Gasteiger partial charge in [0, 0.05) is 26.2 Å². The maximum atomic E-state index is 12.2. The van der Waals surface area contributed by atoms with Gasteiger partial charge in [-0.15, -0.1) is 0 Å². The fourth-order valence-electron chi connectivity index (χ4n) is 2.04. The number of hydrogen-bond acceptors (Lipinski definition) is 4. The van der Waals surface area contributed by atoms with E-state index in [4.69, 9.17) is 5.11 Å². The van der Waals surface area contributed by atoms with Crippen molar-refractivity contribution in [3.05, 3.63) is 0 Å². The molecule has 6 heteroatoms. The number of carboxylic acid groups (broad SMARTS) is 1. The van der Waals surface area contributed by atoms with Crippen LogP contribution >= 0.6 is 0 Å². The van der Waals surface area contributed by atoms with Gasteiger partial charge in [0.25, 0.3) is 0 Å². The zero-order chi connectivity index (χ0) is 13.8. The quantitative estimate of drug-likeness (QED) is 0.627. The van der Waals surface area contributed by atoms with Crippen LogP contribution in [0.25, 0.3) is 0 Å². The van der Waals surface area contributed by atoms with E-state index in [1.54, 1.807) is 6.92 Å². The van der Waals surface area contributed by atoms with Gasteiger partial charge in [0.1, 0.15) is 6.04 Å². The molecule has 18 heavy (non-hydrogen) atoms. The molecule has 1 heterocycles. The number of carboxylic acids is 1. The van der Waals surface area contributed by atoms with Crippen molar-refractivity contribution in [3.8, 4) is 0 Å². The van der Waals surface area contributed by atoms with Gasteiger partial charge >= 0.3 is 5.97 Å². The minimum Gasteiger partial charge on any atom is -0.480 e. The average molecular weight is 257 g/mol. The van der Waals surface area contributed by atoms with Gasteiger partial charge in [-0.05, 0) is 20.3 Å². The zero-order valence-corrected chi connectivity index (χ0v) is 11.3. The number of aliphatic carboxylic acids is 1. The SMILES string of the molecule is CCC(NC(=O)C(C)(C)N1CCNCC1)C(=O)O. The van der Waals surface area contributed by atoms with Crippen molar-refractivity contribution in [2.24, 2.45) is 0 Å². The van der Waals surface area contributed by atoms with Crippen LogP contribution in [0.2, 0.25) is 0 Å². The number of hydrogen-bond donors (Lipinski definition) is 3. The molecule has 0 radical (unpaired) electrons. The molecule has 0 saturated carbocycles. The summed E-state index contributed by atoms with van der Waals surface area (Å²) in [7, 11) is 0. The smallest absolute Gasteiger partial charge is 0.326 e. The molecule has 1 amide bonds. The van der Waals surface area contributed by atoms with Crippen molar-refractivity contribution in [2.45, 2.75) is 38.8 Å². The monoisotopic (exact) mass is 257 g/mol. The summed E-state index contributed by atoms with van der Waals surface area (Å²) in [5, 5.41) is 14.8. The second-order valence-electron chi connectivity index (χ2n) is 5.07. The Morgan fingerprint density at radius 3 is 2.39 bits per heavy atom. The van der Waals surface area contributed by atoms with Gasteiger partial charge in [0.05, 0.1) is 5.54 Å². The van der Waals surface area contributed by atoms with Gasteiger partial charge in [0.15, 0.2) is 0 Å². The molecule has 104 valence electrons. The number of nitrogens with one attached hydrogen (secondary N) is 2. The number of amides is 1. The summed E-state index contributed by atoms with van der Waals surface area (Å²) in [6.07, 6.45) is 0.388. The minimum absolute atomic E-state index is 0.223. The first-order valence-corrected chi connectivity index (χ1v) is 6.39. The van der Waals surface area contributed by atoms with Crippen LogP contribution in [0.1, 0.15) is 27.2 Å². The van der Waals surface area contributed by atoms with Crippen LogP contribution in [0.15, 0.2) is 0 Å². The summed E-state index contributed by atoms with van der Waals surface area (Å²) in [6.45, 7) is 8.72. The Morgan fingerprint density at radius 1 is 1.39 bits per heavy atom. The second kappa shape index (κ2) is 6.15. The standard InChI is InChI=1S/C12H23N3O3/c1-4-9(10(16)17)14-11(18)12(2,3)15-7-5-13-6-8-15/h9,13H,4-8H2,1-3H3,(H,14,18)(H,16,17). The van der Waals surface area contributed by atoms with Gasteiger partial charge in [-0.25, -0.2) is 4.79 Å². The summed E-state index contributed by atoms with van der Waals surface area (Å²) >= 11 is 0. The van der Waals surface area contributed by atoms with Crippen LogP contribution in [0.5, 0.6) is 0 Å². The van der Waals surface area contributed by atoms with Crippen molar-refractivity contribution in [1.82, 2.24) is 15.5 Å². The maximum Gasteiger partial charge on any atom is 0.326 e. The van der Waals surface area contributed by atoms with Crippen molar-refractivity contribution in [1.29, 1.82) is 0 Å². The van der Waals surface area contributed by atoms with E-state index in [0.717, 1.165) is 26.2 Å². The van der Waals surface area contributed by atoms with Crippen molar-refractivity contribution >= 4 is 11.9 Å². The first kappa shape index (κ1) is 14.9. The Balaban J connectivity index is 2.65. The van der Waals surface area contributed by atoms with Crippen molar-refractivity contribution in [3.63, 3.8) is 0 Å². The molecule has 1 aliphatic heterocycles. The second-order valence-corrected chi connectivity index (χ2v) is 5.07. The molecule has 0 aromatic rings. The first-order valence-electron chi connectivity index (χ1n) is 6.39. The van der Waals surface area contributed by atoms with Gasteiger partial charge in [-0.3, -0.25) is 9.69 Å². The summed E-state index contributed by atoms with van der Waals surface area (Å²) < 4.78 is 0. The maximum absolute atomic E-state index is 12.2. The molecular formula is C12H23N3O3. The van der Waals surface area contributed by atoms with Crippen LogP contribution in [0.3, 0.4) is 0 Å². The summed E-state index contributed by atoms with van der Waals surface area (Å²) in [4.78, 5) is 25.2. The molecule has 0 spiro atoms. The third kappa shape index (κ3) is 3.43. The first-order chi connectivity index (χ1) is 8.39. The summed E-state index contributed by atoms with van der Waals surface area (Å²) in [5.41, 5.74) is -0.676. The number of rotatable bonds is 5. The highest BCUT2D eigenvalue weighted by Gasteiger charge is 2.36. The van der Waals surface area contributed by atoms with E-state index in [-0.39, 0.29) is 5.91 Å². The Bertz CT molecular complexity index is 312. The molecule has 1 aliphatic rings. The highest BCUT2D eigenvalue weighted by atomic mass is 16.4. The van der Waals surface area contributed by atoms with Gasteiger partial charge in [-0.2, -0.15) is 0 Å². The van der Waals surface area contributed by atoms with E-state index in [9.17, 15) is 9.59 Å². The molecule has 6 nitrogen and oxygen atoms in total. The topological polar surface area (TPSA) is 81.7 Å². The number of nitrogens with zero attached hydrogens (tertiary/aromatic N) is 1. The van der Waals surface area contributed by atoms with Gasteiger partial charge in [0.2, 0.25) is 5.91 Å². The van der Waals surface area contributed by atoms with Crippen LogP contribution in [-0.4, -0.2) is 59.6 Å². The lowest BCUT2D eigenvalue weighted by atomic mass is 9.99. The average Bonchev–Trinajstić information content (AvgIpc) is 2.36. The number of piperazine rings is 1. The molecule has 1 rings (SSSR count). The lowest BCUT2D eigenvalue weighted by Gasteiger charge is -2.40. The molecule has 1 fully saturated rings. The summed E-state index contributed by atoms with van der Waals surface area (Å²) in [5.74, 6) is -1.21. The molecular weight excluding hydrogens is 234 g/mol. The predicted molar refractivity (Wildman–Crippen MR) is 68.4 cm³/mol. The molecule has 1 unspecified atom stereocenters. The van der Waals surface area contributed by atoms with E-state index in [2.05, 4.69) is 15.5 Å². The molecule has 0 bridgehead atoms. The van der Waals surface area contributed by atoms with Crippen LogP contribution in [0, 0.1) is 0 Å². The van der Waals surface area contributed by atoms with Crippen molar-refractivity contribution < 1.29 is 14.7 Å². The lowest BCUT2D eigenvalue weighted by molar-refractivity contribution is -0.144. The summed E-state index contributed by atoms with van der Waals surface area (Å²) in [6, 6.07) is -0.806. The Morgan fingerprint density at radius 2 is 1.94 bits per heavy atom. The van der Waals surface area contributed by atoms with Crippen LogP contribution in [-0.2, 0) is 9.59 Å². The Hall–Kier alpha value is -1.14. The van der Waals surface area contributed by atoms with E-state index in [1.807, 2.05) is 13.8 Å². The van der Waals surface area contributed by atoms with Crippen LogP contribution in [0.4, 0.5) is 0 Å². The minimum atomic E-state index is -0.984. The molecule has 0 aliphatic carbocycles. The molecule has 1 atom stereocenters. The van der Waals surface area contributed by atoms with Gasteiger partial charge < -0.3 is 15.7 Å². The van der Waals surface area contributed by atoms with E-state index >= 15 is 0 Å². The number of carbonyl (C=O) groups excluding carboxylic acids is 1. The van der Waals surface area contributed by atoms with E-state index in [0.29, 0.717) is 6.42 Å². The normalized spacial score (nSPS) is 19.3. The van der Waals surface area contributed by atoms with Gasteiger partial charge in [-0.1, -0.05) is 6.92 Å². The van der Waals surface area contributed by atoms with Crippen LogP contribution < -0.4 is 10.6 Å². The third-order valence-electron chi connectivity index (χ3n) is 3.47. The fraction of sp³-hybridized carbons (Fsp3) is 0.833. The zero-order valence-electron chi connectivity index (χ0n) is 11.3. The highest BCUT2D eigenvalue weighted by Crippen LogP contribution is 2.15. The van der Waals surface area contributed by atoms with Crippen molar-refractivity contribution in [2.75, 3.05) is 26.2 Å². The van der Waals surface area contributed by atoms with E-state index < -0.39 is 17.6 Å². The fourth-order valence-corrected chi connectivity index (χ4v) is 2.04. The molecule has 1 saturated heterocycles. The predicted octanol–water partition coefficient (Wildman–Crippen LogP) is -0.350. The third-order valence-corrected chi connectivity index (χ3v) is 3.47. The largest absolute Gasteiger partial charge is 0.480 e. The molecule has 3 N–H and O–H groups in total.